The zero-order valence-corrected chi connectivity index (χ0v) is 8.22. The molecule has 0 aliphatic carbocycles. The number of phenols is 1. The topological polar surface area (TPSA) is 44.0 Å². The maximum Gasteiger partial charge on any atom is 0.123 e. The van der Waals surface area contributed by atoms with Crippen LogP contribution in [0.1, 0.15) is 11.1 Å². The van der Waals surface area contributed by atoms with Gasteiger partial charge in [0, 0.05) is 10.0 Å². The third-order valence-corrected chi connectivity index (χ3v) is 2.43. The highest BCUT2D eigenvalue weighted by molar-refractivity contribution is 9.10. The van der Waals surface area contributed by atoms with E-state index in [0.29, 0.717) is 5.56 Å². The lowest BCUT2D eigenvalue weighted by Crippen LogP contribution is -1.87. The molecular formula is C9H8BrNO. The van der Waals surface area contributed by atoms with E-state index in [-0.39, 0.29) is 12.2 Å². The molecule has 0 heterocycles. The molecule has 2 nitrogen and oxygen atoms in total. The Morgan fingerprint density at radius 3 is 2.83 bits per heavy atom. The van der Waals surface area contributed by atoms with Crippen molar-refractivity contribution in [2.45, 2.75) is 13.3 Å². The van der Waals surface area contributed by atoms with Gasteiger partial charge in [0.15, 0.2) is 0 Å². The molecule has 0 aromatic heterocycles. The Bertz CT molecular complexity index is 341. The maximum atomic E-state index is 9.53. The van der Waals surface area contributed by atoms with Crippen molar-refractivity contribution in [3.8, 4) is 11.8 Å². The molecule has 0 fully saturated rings. The highest BCUT2D eigenvalue weighted by Gasteiger charge is 2.07. The van der Waals surface area contributed by atoms with Gasteiger partial charge >= 0.3 is 0 Å². The van der Waals surface area contributed by atoms with Crippen LogP contribution in [-0.2, 0) is 6.42 Å². The molecule has 62 valence electrons. The number of halogens is 1. The van der Waals surface area contributed by atoms with Crippen LogP contribution in [0, 0.1) is 18.3 Å². The van der Waals surface area contributed by atoms with E-state index in [1.54, 1.807) is 6.07 Å². The number of nitrogens with zero attached hydrogens (tertiary/aromatic N) is 1. The predicted octanol–water partition coefficient (Wildman–Crippen LogP) is 2.53. The van der Waals surface area contributed by atoms with E-state index >= 15 is 0 Å². The van der Waals surface area contributed by atoms with Crippen molar-refractivity contribution in [1.29, 1.82) is 5.26 Å². The second kappa shape index (κ2) is 3.59. The number of phenolic OH excluding ortho intramolecular Hbond substituents is 1. The Morgan fingerprint density at radius 1 is 1.58 bits per heavy atom. The Balaban J connectivity index is 3.25. The second-order valence-corrected chi connectivity index (χ2v) is 3.38. The highest BCUT2D eigenvalue weighted by Crippen LogP contribution is 2.29. The molecule has 0 amide bonds. The van der Waals surface area contributed by atoms with E-state index in [1.807, 2.05) is 19.1 Å². The zero-order valence-electron chi connectivity index (χ0n) is 6.63. The quantitative estimate of drug-likeness (QED) is 0.799. The molecule has 0 atom stereocenters. The summed E-state index contributed by atoms with van der Waals surface area (Å²) in [5.41, 5.74) is 1.46. The molecule has 1 aromatic rings. The van der Waals surface area contributed by atoms with Gasteiger partial charge in [-0.15, -0.1) is 0 Å². The number of benzene rings is 1. The van der Waals surface area contributed by atoms with Crippen LogP contribution in [0.5, 0.6) is 5.75 Å². The van der Waals surface area contributed by atoms with Gasteiger partial charge in [-0.25, -0.2) is 0 Å². The molecule has 0 unspecified atom stereocenters. The number of rotatable bonds is 1. The van der Waals surface area contributed by atoms with Gasteiger partial charge in [0.2, 0.25) is 0 Å². The first-order valence-corrected chi connectivity index (χ1v) is 4.30. The summed E-state index contributed by atoms with van der Waals surface area (Å²) in [6.07, 6.45) is 0.230. The van der Waals surface area contributed by atoms with Crippen molar-refractivity contribution in [2.24, 2.45) is 0 Å². The molecule has 0 aliphatic rings. The zero-order chi connectivity index (χ0) is 9.14. The van der Waals surface area contributed by atoms with Crippen LogP contribution in [0.3, 0.4) is 0 Å². The van der Waals surface area contributed by atoms with Gasteiger partial charge < -0.3 is 5.11 Å². The first-order chi connectivity index (χ1) is 5.66. The molecule has 1 aromatic carbocycles. The smallest absolute Gasteiger partial charge is 0.123 e. The Hall–Kier alpha value is -1.01. The van der Waals surface area contributed by atoms with E-state index in [9.17, 15) is 5.11 Å². The van der Waals surface area contributed by atoms with Crippen LogP contribution >= 0.6 is 15.9 Å². The second-order valence-electron chi connectivity index (χ2n) is 2.53. The number of aromatic hydroxyl groups is 1. The van der Waals surface area contributed by atoms with Crippen LogP contribution in [0.15, 0.2) is 16.6 Å². The fourth-order valence-corrected chi connectivity index (χ4v) is 1.44. The summed E-state index contributed by atoms with van der Waals surface area (Å²) in [4.78, 5) is 0. The van der Waals surface area contributed by atoms with Gasteiger partial charge in [-0.05, 0) is 18.6 Å². The van der Waals surface area contributed by atoms with Gasteiger partial charge in [0.05, 0.1) is 12.5 Å². The molecule has 12 heavy (non-hydrogen) atoms. The molecule has 0 bridgehead atoms. The monoisotopic (exact) mass is 225 g/mol. The van der Waals surface area contributed by atoms with Crippen molar-refractivity contribution >= 4 is 15.9 Å². The van der Waals surface area contributed by atoms with Gasteiger partial charge in [0.1, 0.15) is 5.75 Å². The Morgan fingerprint density at radius 2 is 2.25 bits per heavy atom. The van der Waals surface area contributed by atoms with Crippen molar-refractivity contribution < 1.29 is 5.11 Å². The third-order valence-electron chi connectivity index (χ3n) is 1.68. The number of hydrogen-bond acceptors (Lipinski definition) is 2. The molecular weight excluding hydrogens is 218 g/mol. The summed E-state index contributed by atoms with van der Waals surface area (Å²) in [6.45, 7) is 1.81. The van der Waals surface area contributed by atoms with E-state index in [1.165, 1.54) is 0 Å². The SMILES string of the molecule is Cc1ccc(Br)c(CC#N)c1O. The standard InChI is InChI=1S/C9H8BrNO/c1-6-2-3-8(10)7(4-5-11)9(6)12/h2-3,12H,4H2,1H3. The Labute approximate surface area is 79.6 Å². The lowest BCUT2D eigenvalue weighted by molar-refractivity contribution is 0.465. The number of hydrogen-bond donors (Lipinski definition) is 1. The summed E-state index contributed by atoms with van der Waals surface area (Å²) in [5.74, 6) is 0.214. The minimum Gasteiger partial charge on any atom is -0.507 e. The van der Waals surface area contributed by atoms with Crippen LogP contribution in [0.2, 0.25) is 0 Å². The summed E-state index contributed by atoms with van der Waals surface area (Å²) in [7, 11) is 0. The third kappa shape index (κ3) is 1.59. The van der Waals surface area contributed by atoms with Crippen LogP contribution in [0.4, 0.5) is 0 Å². The van der Waals surface area contributed by atoms with Crippen LogP contribution in [-0.4, -0.2) is 5.11 Å². The van der Waals surface area contributed by atoms with Gasteiger partial charge in [-0.1, -0.05) is 22.0 Å². The summed E-state index contributed by atoms with van der Waals surface area (Å²) < 4.78 is 0.784. The van der Waals surface area contributed by atoms with Crippen LogP contribution < -0.4 is 0 Å². The van der Waals surface area contributed by atoms with E-state index in [2.05, 4.69) is 15.9 Å². The molecule has 1 N–H and O–H groups in total. The minimum atomic E-state index is 0.214. The van der Waals surface area contributed by atoms with Crippen molar-refractivity contribution in [3.63, 3.8) is 0 Å². The Kier molecular flexibility index (Phi) is 2.72. The average Bonchev–Trinajstić information content (AvgIpc) is 2.06. The lowest BCUT2D eigenvalue weighted by Gasteiger charge is -2.05. The lowest BCUT2D eigenvalue weighted by atomic mass is 10.1. The first-order valence-electron chi connectivity index (χ1n) is 3.50. The molecule has 0 spiro atoms. The fraction of sp³-hybridized carbons (Fsp3) is 0.222. The van der Waals surface area contributed by atoms with E-state index < -0.39 is 0 Å². The molecule has 0 radical (unpaired) electrons. The van der Waals surface area contributed by atoms with Gasteiger partial charge in [-0.2, -0.15) is 5.26 Å². The average molecular weight is 226 g/mol. The van der Waals surface area contributed by atoms with Crippen molar-refractivity contribution in [2.75, 3.05) is 0 Å². The summed E-state index contributed by atoms with van der Waals surface area (Å²) in [5, 5.41) is 18.0. The van der Waals surface area contributed by atoms with Crippen molar-refractivity contribution in [1.82, 2.24) is 0 Å². The first kappa shape index (κ1) is 9.08. The molecule has 0 aliphatic heterocycles. The normalized spacial score (nSPS) is 9.42. The van der Waals surface area contributed by atoms with E-state index in [4.69, 9.17) is 5.26 Å². The van der Waals surface area contributed by atoms with Crippen LogP contribution in [0.25, 0.3) is 0 Å². The van der Waals surface area contributed by atoms with E-state index in [0.717, 1.165) is 10.0 Å². The fourth-order valence-electron chi connectivity index (χ4n) is 0.976. The summed E-state index contributed by atoms with van der Waals surface area (Å²) in [6, 6.07) is 5.64. The minimum absolute atomic E-state index is 0.214. The largest absolute Gasteiger partial charge is 0.507 e. The van der Waals surface area contributed by atoms with Crippen molar-refractivity contribution in [3.05, 3.63) is 27.7 Å². The number of nitriles is 1. The van der Waals surface area contributed by atoms with Gasteiger partial charge in [0.25, 0.3) is 0 Å². The predicted molar refractivity (Wildman–Crippen MR) is 49.9 cm³/mol. The highest BCUT2D eigenvalue weighted by atomic mass is 79.9. The van der Waals surface area contributed by atoms with Gasteiger partial charge in [-0.3, -0.25) is 0 Å². The molecule has 3 heteroatoms. The maximum absolute atomic E-state index is 9.53. The molecule has 0 saturated heterocycles. The summed E-state index contributed by atoms with van der Waals surface area (Å²) >= 11 is 3.27. The molecule has 1 rings (SSSR count). The molecule has 0 saturated carbocycles. The number of aryl methyl sites for hydroxylation is 1.